The summed E-state index contributed by atoms with van der Waals surface area (Å²) < 4.78 is 0. The number of nitrogens with one attached hydrogen (secondary N) is 1. The fourth-order valence-electron chi connectivity index (χ4n) is 2.58. The maximum absolute atomic E-state index is 3.45. The summed E-state index contributed by atoms with van der Waals surface area (Å²) in [5.74, 6) is 0. The normalized spacial score (nSPS) is 13.2. The zero-order valence-corrected chi connectivity index (χ0v) is 14.4. The predicted octanol–water partition coefficient (Wildman–Crippen LogP) is 5.01. The molecule has 0 fully saturated rings. The lowest BCUT2D eigenvalue weighted by Gasteiger charge is -2.23. The Labute approximate surface area is 133 Å². The molecule has 1 nitrogen and oxygen atoms in total. The third kappa shape index (κ3) is 3.69. The summed E-state index contributed by atoms with van der Waals surface area (Å²) in [6.45, 7) is 6.75. The van der Waals surface area contributed by atoms with Gasteiger partial charge in [0, 0.05) is 4.90 Å². The molecule has 1 atom stereocenters. The highest BCUT2D eigenvalue weighted by Crippen LogP contribution is 2.31. The summed E-state index contributed by atoms with van der Waals surface area (Å²) >= 11 is 1.80. The summed E-state index contributed by atoms with van der Waals surface area (Å²) in [5.41, 5.74) is 4.23. The van der Waals surface area contributed by atoms with Gasteiger partial charge in [0.1, 0.15) is 0 Å². The van der Waals surface area contributed by atoms with Crippen LogP contribution >= 0.6 is 11.8 Å². The largest absolute Gasteiger partial charge is 0.309 e. The van der Waals surface area contributed by atoms with Crippen LogP contribution in [0.2, 0.25) is 0 Å². The number of benzene rings is 2. The zero-order valence-electron chi connectivity index (χ0n) is 13.6. The minimum absolute atomic E-state index is 0.199. The maximum Gasteiger partial charge on any atom is 0.0585 e. The second kappa shape index (κ2) is 6.67. The second-order valence-electron chi connectivity index (χ2n) is 6.34. The van der Waals surface area contributed by atoms with Crippen molar-refractivity contribution in [3.63, 3.8) is 0 Å². The number of hydrogen-bond acceptors (Lipinski definition) is 2. The van der Waals surface area contributed by atoms with Crippen LogP contribution in [0.4, 0.5) is 0 Å². The second-order valence-corrected chi connectivity index (χ2v) is 7.18. The maximum atomic E-state index is 3.45. The molecule has 2 aromatic rings. The van der Waals surface area contributed by atoms with Gasteiger partial charge in [-0.05, 0) is 41.5 Å². The fraction of sp³-hybridized carbons (Fsp3) is 0.368. The Morgan fingerprint density at radius 2 is 1.57 bits per heavy atom. The minimum Gasteiger partial charge on any atom is -0.309 e. The minimum atomic E-state index is 0.199. The first-order valence-corrected chi connectivity index (χ1v) is 8.60. The van der Waals surface area contributed by atoms with E-state index < -0.39 is 0 Å². The molecule has 2 heteroatoms. The van der Waals surface area contributed by atoms with Crippen LogP contribution in [0.1, 0.15) is 43.5 Å². The van der Waals surface area contributed by atoms with Crippen LogP contribution in [0.5, 0.6) is 0 Å². The van der Waals surface area contributed by atoms with E-state index in [1.807, 2.05) is 7.05 Å². The van der Waals surface area contributed by atoms with E-state index in [9.17, 15) is 0 Å². The molecule has 0 aliphatic heterocycles. The first-order valence-electron chi connectivity index (χ1n) is 7.38. The Hall–Kier alpha value is -1.25. The molecule has 0 saturated carbocycles. The van der Waals surface area contributed by atoms with Crippen LogP contribution in [-0.4, -0.2) is 13.3 Å². The number of rotatable bonds is 4. The van der Waals surface area contributed by atoms with Gasteiger partial charge >= 0.3 is 0 Å². The quantitative estimate of drug-likeness (QED) is 0.796. The van der Waals surface area contributed by atoms with Crippen molar-refractivity contribution in [3.05, 3.63) is 65.2 Å². The lowest BCUT2D eigenvalue weighted by molar-refractivity contribution is 0.589. The lowest BCUT2D eigenvalue weighted by atomic mass is 9.86. The van der Waals surface area contributed by atoms with Crippen molar-refractivity contribution in [1.82, 2.24) is 5.32 Å². The van der Waals surface area contributed by atoms with E-state index in [4.69, 9.17) is 0 Å². The van der Waals surface area contributed by atoms with Crippen LogP contribution in [0, 0.1) is 0 Å². The third-order valence-corrected chi connectivity index (χ3v) is 4.66. The van der Waals surface area contributed by atoms with Gasteiger partial charge in [0.15, 0.2) is 0 Å². The predicted molar refractivity (Wildman–Crippen MR) is 94.3 cm³/mol. The molecule has 0 aliphatic carbocycles. The van der Waals surface area contributed by atoms with E-state index in [-0.39, 0.29) is 11.5 Å². The highest BCUT2D eigenvalue weighted by molar-refractivity contribution is 7.98. The summed E-state index contributed by atoms with van der Waals surface area (Å²) in [6.07, 6.45) is 2.13. The van der Waals surface area contributed by atoms with Gasteiger partial charge in [-0.2, -0.15) is 0 Å². The van der Waals surface area contributed by atoms with Crippen molar-refractivity contribution in [2.24, 2.45) is 0 Å². The monoisotopic (exact) mass is 299 g/mol. The first kappa shape index (κ1) is 16.1. The van der Waals surface area contributed by atoms with Gasteiger partial charge in [0.2, 0.25) is 0 Å². The van der Waals surface area contributed by atoms with E-state index in [1.165, 1.54) is 21.6 Å². The Morgan fingerprint density at radius 1 is 0.952 bits per heavy atom. The highest BCUT2D eigenvalue weighted by Gasteiger charge is 2.17. The molecule has 0 saturated heterocycles. The van der Waals surface area contributed by atoms with Crippen molar-refractivity contribution in [2.45, 2.75) is 37.1 Å². The lowest BCUT2D eigenvalue weighted by Crippen LogP contribution is -2.19. The summed E-state index contributed by atoms with van der Waals surface area (Å²) in [7, 11) is 2.03. The molecule has 0 heterocycles. The molecule has 0 amide bonds. The highest BCUT2D eigenvalue weighted by atomic mass is 32.2. The molecule has 2 rings (SSSR count). The van der Waals surface area contributed by atoms with Gasteiger partial charge < -0.3 is 5.32 Å². The number of thioether (sulfide) groups is 1. The van der Waals surface area contributed by atoms with Crippen LogP contribution in [0.25, 0.3) is 0 Å². The molecule has 1 unspecified atom stereocenters. The Morgan fingerprint density at radius 3 is 2.10 bits per heavy atom. The Balaban J connectivity index is 2.38. The van der Waals surface area contributed by atoms with E-state index in [1.54, 1.807) is 11.8 Å². The standard InChI is InChI=1S/C19H25NS/c1-19(2,3)15-12-10-14(11-13-15)18(20-4)16-8-6-7-9-17(16)21-5/h6-13,18,20H,1-5H3. The van der Waals surface area contributed by atoms with Crippen molar-refractivity contribution in [3.8, 4) is 0 Å². The molecule has 2 aromatic carbocycles. The molecule has 112 valence electrons. The van der Waals surface area contributed by atoms with Gasteiger partial charge in [-0.3, -0.25) is 0 Å². The summed E-state index contributed by atoms with van der Waals surface area (Å²) in [5, 5.41) is 3.45. The van der Waals surface area contributed by atoms with E-state index in [0.29, 0.717) is 0 Å². The van der Waals surface area contributed by atoms with Crippen LogP contribution in [0.15, 0.2) is 53.4 Å². The molecule has 0 aromatic heterocycles. The first-order chi connectivity index (χ1) is 9.97. The zero-order chi connectivity index (χ0) is 15.5. The smallest absolute Gasteiger partial charge is 0.0585 e. The molecule has 0 spiro atoms. The van der Waals surface area contributed by atoms with Crippen molar-refractivity contribution in [1.29, 1.82) is 0 Å². The van der Waals surface area contributed by atoms with Crippen LogP contribution < -0.4 is 5.32 Å². The Bertz CT molecular complexity index is 581. The van der Waals surface area contributed by atoms with Crippen molar-refractivity contribution < 1.29 is 0 Å². The number of hydrogen-bond donors (Lipinski definition) is 1. The van der Waals surface area contributed by atoms with E-state index >= 15 is 0 Å². The topological polar surface area (TPSA) is 12.0 Å². The molecule has 21 heavy (non-hydrogen) atoms. The SMILES string of the molecule is CNC(c1ccc(C(C)(C)C)cc1)c1ccccc1SC. The van der Waals surface area contributed by atoms with Gasteiger partial charge in [-0.15, -0.1) is 11.8 Å². The van der Waals surface area contributed by atoms with Crippen LogP contribution in [-0.2, 0) is 5.41 Å². The van der Waals surface area contributed by atoms with Gasteiger partial charge in [-0.25, -0.2) is 0 Å². The fourth-order valence-corrected chi connectivity index (χ4v) is 3.22. The van der Waals surface area contributed by atoms with Gasteiger partial charge in [-0.1, -0.05) is 63.2 Å². The molecule has 0 bridgehead atoms. The summed E-state index contributed by atoms with van der Waals surface area (Å²) in [6, 6.07) is 17.9. The van der Waals surface area contributed by atoms with Crippen molar-refractivity contribution >= 4 is 11.8 Å². The molecule has 0 aliphatic rings. The van der Waals surface area contributed by atoms with E-state index in [0.717, 1.165) is 0 Å². The van der Waals surface area contributed by atoms with Crippen molar-refractivity contribution in [2.75, 3.05) is 13.3 Å². The average Bonchev–Trinajstić information content (AvgIpc) is 2.48. The third-order valence-electron chi connectivity index (χ3n) is 3.85. The van der Waals surface area contributed by atoms with Gasteiger partial charge in [0.05, 0.1) is 6.04 Å². The molecular formula is C19H25NS. The molecule has 0 radical (unpaired) electrons. The van der Waals surface area contributed by atoms with Crippen LogP contribution in [0.3, 0.4) is 0 Å². The average molecular weight is 299 g/mol. The summed E-state index contributed by atoms with van der Waals surface area (Å²) in [4.78, 5) is 1.33. The van der Waals surface area contributed by atoms with E-state index in [2.05, 4.69) is 80.9 Å². The molecule has 1 N–H and O–H groups in total. The molecular weight excluding hydrogens is 274 g/mol. The Kier molecular flexibility index (Phi) is 5.13. The van der Waals surface area contributed by atoms with Gasteiger partial charge in [0.25, 0.3) is 0 Å².